The van der Waals surface area contributed by atoms with E-state index in [9.17, 15) is 0 Å². The molecule has 1 aromatic rings. The third-order valence-corrected chi connectivity index (χ3v) is 4.48. The normalized spacial score (nSPS) is 16.9. The Morgan fingerprint density at radius 3 is 2.67 bits per heavy atom. The van der Waals surface area contributed by atoms with Crippen LogP contribution in [0.15, 0.2) is 34.3 Å². The monoisotopic (exact) mass is 350 g/mol. The fourth-order valence-electron chi connectivity index (χ4n) is 2.56. The van der Waals surface area contributed by atoms with E-state index in [1.54, 1.807) is 0 Å². The van der Waals surface area contributed by atoms with Crippen LogP contribution in [0.3, 0.4) is 0 Å². The molecular weight excluding hydrogens is 324 g/mol. The lowest BCUT2D eigenvalue weighted by Gasteiger charge is -2.26. The van der Waals surface area contributed by atoms with Gasteiger partial charge in [-0.05, 0) is 51.3 Å². The zero-order valence-corrected chi connectivity index (χ0v) is 15.3. The van der Waals surface area contributed by atoms with Crippen molar-refractivity contribution in [2.24, 2.45) is 0 Å². The second-order valence-corrected chi connectivity index (χ2v) is 7.93. The minimum absolute atomic E-state index is 0.156. The van der Waals surface area contributed by atoms with Gasteiger partial charge in [-0.3, -0.25) is 4.90 Å². The molecule has 1 N–H and O–H groups in total. The van der Waals surface area contributed by atoms with Crippen molar-refractivity contribution in [3.05, 3.63) is 45.4 Å². The molecular formula is C18H27BrN2. The fourth-order valence-corrected chi connectivity index (χ4v) is 3.11. The maximum atomic E-state index is 3.74. The summed E-state index contributed by atoms with van der Waals surface area (Å²) in [5.74, 6) is 0. The van der Waals surface area contributed by atoms with Crippen molar-refractivity contribution in [1.82, 2.24) is 10.2 Å². The number of hydrogen-bond acceptors (Lipinski definition) is 2. The number of hydrogen-bond donors (Lipinski definition) is 1. The Hall–Kier alpha value is -0.640. The Balaban J connectivity index is 1.97. The molecule has 1 aliphatic rings. The van der Waals surface area contributed by atoms with Crippen molar-refractivity contribution in [3.63, 3.8) is 0 Å². The smallest absolute Gasteiger partial charge is 0.0248 e. The first-order chi connectivity index (χ1) is 9.83. The summed E-state index contributed by atoms with van der Waals surface area (Å²) in [6.07, 6.45) is 3.53. The first kappa shape index (κ1) is 16.7. The minimum Gasteiger partial charge on any atom is -0.308 e. The van der Waals surface area contributed by atoms with Crippen LogP contribution in [0, 0.1) is 0 Å². The van der Waals surface area contributed by atoms with Crippen molar-refractivity contribution in [1.29, 1.82) is 0 Å². The Morgan fingerprint density at radius 1 is 1.29 bits per heavy atom. The Morgan fingerprint density at radius 2 is 2.05 bits per heavy atom. The van der Waals surface area contributed by atoms with Gasteiger partial charge in [-0.15, -0.1) is 0 Å². The SMILES string of the molecule is CC1=CCCN(Cc2ccc(CNC(C)(C)C)cc2Br)C1. The number of halogens is 1. The molecule has 2 nitrogen and oxygen atoms in total. The molecule has 21 heavy (non-hydrogen) atoms. The van der Waals surface area contributed by atoms with Gasteiger partial charge in [-0.25, -0.2) is 0 Å². The lowest BCUT2D eigenvalue weighted by molar-refractivity contribution is 0.282. The maximum Gasteiger partial charge on any atom is 0.0248 e. The van der Waals surface area contributed by atoms with Crippen molar-refractivity contribution < 1.29 is 0 Å². The summed E-state index contributed by atoms with van der Waals surface area (Å²) < 4.78 is 1.22. The van der Waals surface area contributed by atoms with Crippen LogP contribution in [0.1, 0.15) is 45.2 Å². The summed E-state index contributed by atoms with van der Waals surface area (Å²) >= 11 is 3.74. The van der Waals surface area contributed by atoms with E-state index in [0.29, 0.717) is 0 Å². The molecule has 0 spiro atoms. The van der Waals surface area contributed by atoms with E-state index in [1.807, 2.05) is 0 Å². The topological polar surface area (TPSA) is 15.3 Å². The van der Waals surface area contributed by atoms with E-state index in [2.05, 4.69) is 78.1 Å². The molecule has 1 aromatic carbocycles. The zero-order chi connectivity index (χ0) is 15.5. The second-order valence-electron chi connectivity index (χ2n) is 7.08. The highest BCUT2D eigenvalue weighted by Gasteiger charge is 2.13. The largest absolute Gasteiger partial charge is 0.308 e. The molecule has 0 amide bonds. The summed E-state index contributed by atoms with van der Waals surface area (Å²) in [4.78, 5) is 2.52. The van der Waals surface area contributed by atoms with E-state index in [0.717, 1.165) is 26.2 Å². The second kappa shape index (κ2) is 7.08. The molecule has 0 aliphatic carbocycles. The van der Waals surface area contributed by atoms with Crippen molar-refractivity contribution in [2.45, 2.75) is 52.7 Å². The highest BCUT2D eigenvalue weighted by Crippen LogP contribution is 2.22. The van der Waals surface area contributed by atoms with Crippen LogP contribution in [0.25, 0.3) is 0 Å². The van der Waals surface area contributed by atoms with Crippen LogP contribution in [0.4, 0.5) is 0 Å². The zero-order valence-electron chi connectivity index (χ0n) is 13.7. The van der Waals surface area contributed by atoms with Gasteiger partial charge in [0.05, 0.1) is 0 Å². The molecule has 0 atom stereocenters. The van der Waals surface area contributed by atoms with E-state index in [1.165, 1.54) is 27.6 Å². The van der Waals surface area contributed by atoms with Crippen LogP contribution >= 0.6 is 15.9 Å². The summed E-state index contributed by atoms with van der Waals surface area (Å²) in [6.45, 7) is 13.0. The molecule has 0 unspecified atom stereocenters. The average molecular weight is 351 g/mol. The third kappa shape index (κ3) is 5.57. The highest BCUT2D eigenvalue weighted by molar-refractivity contribution is 9.10. The highest BCUT2D eigenvalue weighted by atomic mass is 79.9. The first-order valence-electron chi connectivity index (χ1n) is 7.74. The molecule has 0 saturated heterocycles. The van der Waals surface area contributed by atoms with Gasteiger partial charge in [0.1, 0.15) is 0 Å². The van der Waals surface area contributed by atoms with Crippen LogP contribution < -0.4 is 5.32 Å². The maximum absolute atomic E-state index is 3.74. The molecule has 1 aliphatic heterocycles. The first-order valence-corrected chi connectivity index (χ1v) is 8.53. The summed E-state index contributed by atoms with van der Waals surface area (Å²) in [7, 11) is 0. The lowest BCUT2D eigenvalue weighted by Crippen LogP contribution is -2.35. The van der Waals surface area contributed by atoms with E-state index >= 15 is 0 Å². The molecule has 0 saturated carbocycles. The van der Waals surface area contributed by atoms with Crippen LogP contribution in [-0.2, 0) is 13.1 Å². The molecule has 0 radical (unpaired) electrons. The van der Waals surface area contributed by atoms with E-state index < -0.39 is 0 Å². The van der Waals surface area contributed by atoms with Crippen LogP contribution in [0.2, 0.25) is 0 Å². The number of nitrogens with zero attached hydrogens (tertiary/aromatic N) is 1. The predicted octanol–water partition coefficient (Wildman–Crippen LogP) is 4.49. The van der Waals surface area contributed by atoms with Crippen molar-refractivity contribution >= 4 is 15.9 Å². The van der Waals surface area contributed by atoms with E-state index in [4.69, 9.17) is 0 Å². The molecule has 116 valence electrons. The summed E-state index contributed by atoms with van der Waals surface area (Å²) in [5.41, 5.74) is 4.35. The predicted molar refractivity (Wildman–Crippen MR) is 94.4 cm³/mol. The fraction of sp³-hybridized carbons (Fsp3) is 0.556. The average Bonchev–Trinajstić information content (AvgIpc) is 2.38. The van der Waals surface area contributed by atoms with Gasteiger partial charge in [0, 0.05) is 36.2 Å². The molecule has 0 bridgehead atoms. The van der Waals surface area contributed by atoms with Crippen LogP contribution in [0.5, 0.6) is 0 Å². The Kier molecular flexibility index (Phi) is 5.64. The Bertz CT molecular complexity index is 514. The lowest BCUT2D eigenvalue weighted by atomic mass is 10.1. The van der Waals surface area contributed by atoms with Gasteiger partial charge >= 0.3 is 0 Å². The summed E-state index contributed by atoms with van der Waals surface area (Å²) in [6, 6.07) is 6.75. The van der Waals surface area contributed by atoms with Crippen LogP contribution in [-0.4, -0.2) is 23.5 Å². The third-order valence-electron chi connectivity index (χ3n) is 3.75. The summed E-state index contributed by atoms with van der Waals surface area (Å²) in [5, 5.41) is 3.53. The molecule has 3 heteroatoms. The quantitative estimate of drug-likeness (QED) is 0.804. The van der Waals surface area contributed by atoms with Gasteiger partial charge in [-0.2, -0.15) is 0 Å². The number of nitrogens with one attached hydrogen (secondary N) is 1. The van der Waals surface area contributed by atoms with Gasteiger partial charge in [0.25, 0.3) is 0 Å². The van der Waals surface area contributed by atoms with Gasteiger partial charge in [0.15, 0.2) is 0 Å². The number of rotatable bonds is 4. The van der Waals surface area contributed by atoms with Gasteiger partial charge in [0.2, 0.25) is 0 Å². The molecule has 0 fully saturated rings. The van der Waals surface area contributed by atoms with Crippen molar-refractivity contribution in [3.8, 4) is 0 Å². The minimum atomic E-state index is 0.156. The Labute approximate surface area is 137 Å². The molecule has 2 rings (SSSR count). The van der Waals surface area contributed by atoms with Gasteiger partial charge < -0.3 is 5.32 Å². The number of benzene rings is 1. The van der Waals surface area contributed by atoms with E-state index in [-0.39, 0.29) is 5.54 Å². The van der Waals surface area contributed by atoms with Crippen molar-refractivity contribution in [2.75, 3.05) is 13.1 Å². The van der Waals surface area contributed by atoms with Gasteiger partial charge in [-0.1, -0.05) is 39.7 Å². The molecule has 0 aromatic heterocycles. The molecule has 1 heterocycles. The standard InChI is InChI=1S/C18H27BrN2/c1-14-6-5-9-21(12-14)13-16-8-7-15(10-17(16)19)11-20-18(2,3)4/h6-8,10,20H,5,9,11-13H2,1-4H3.